The van der Waals surface area contributed by atoms with E-state index in [0.29, 0.717) is 37.8 Å². The average molecular weight is 632 g/mol. The predicted molar refractivity (Wildman–Crippen MR) is 147 cm³/mol. The molecule has 0 bridgehead atoms. The maximum atomic E-state index is 13.9. The van der Waals surface area contributed by atoms with Crippen LogP contribution in [-0.4, -0.2) is 43.1 Å². The Morgan fingerprint density at radius 2 is 1.90 bits per heavy atom. The Kier molecular flexibility index (Phi) is 7.38. The van der Waals surface area contributed by atoms with Gasteiger partial charge in [0.2, 0.25) is 6.79 Å². The fourth-order valence-electron chi connectivity index (χ4n) is 4.53. The van der Waals surface area contributed by atoms with Crippen molar-refractivity contribution in [2.75, 3.05) is 27.6 Å². The van der Waals surface area contributed by atoms with Gasteiger partial charge in [-0.15, -0.1) is 0 Å². The predicted octanol–water partition coefficient (Wildman–Crippen LogP) is 3.21. The number of thiazole rings is 1. The van der Waals surface area contributed by atoms with Crippen molar-refractivity contribution in [3.8, 4) is 23.0 Å². The van der Waals surface area contributed by atoms with E-state index < -0.39 is 22.5 Å². The van der Waals surface area contributed by atoms with Crippen molar-refractivity contribution in [1.29, 1.82) is 0 Å². The van der Waals surface area contributed by atoms with Crippen LogP contribution in [0.25, 0.3) is 6.08 Å². The molecule has 0 fully saturated rings. The minimum Gasteiger partial charge on any atom is -0.493 e. The summed E-state index contributed by atoms with van der Waals surface area (Å²) in [6.45, 7) is 3.40. The molecule has 0 amide bonds. The monoisotopic (exact) mass is 631 g/mol. The summed E-state index contributed by atoms with van der Waals surface area (Å²) in [6.07, 6.45) is 1.41. The Hall–Kier alpha value is -4.17. The first-order valence-electron chi connectivity index (χ1n) is 11.9. The molecule has 3 aromatic rings. The second-order valence-corrected chi connectivity index (χ2v) is 10.4. The van der Waals surface area contributed by atoms with Crippen LogP contribution in [0.1, 0.15) is 31.0 Å². The van der Waals surface area contributed by atoms with Crippen molar-refractivity contribution < 1.29 is 33.4 Å². The van der Waals surface area contributed by atoms with Gasteiger partial charge in [0.05, 0.1) is 59.2 Å². The Bertz CT molecular complexity index is 1780. The normalized spacial score (nSPS) is 15.9. The highest BCUT2D eigenvalue weighted by molar-refractivity contribution is 9.10. The fraction of sp³-hybridized carbons (Fsp3) is 0.269. The zero-order chi connectivity index (χ0) is 28.7. The van der Waals surface area contributed by atoms with Crippen LogP contribution in [0.5, 0.6) is 23.0 Å². The van der Waals surface area contributed by atoms with E-state index >= 15 is 0 Å². The van der Waals surface area contributed by atoms with Gasteiger partial charge >= 0.3 is 5.97 Å². The third-order valence-corrected chi connectivity index (χ3v) is 7.99. The zero-order valence-electron chi connectivity index (χ0n) is 21.7. The number of nitrogens with zero attached hydrogens (tertiary/aromatic N) is 3. The zero-order valence-corrected chi connectivity index (χ0v) is 24.1. The number of hydrogen-bond donors (Lipinski definition) is 0. The number of nitro groups is 1. The van der Waals surface area contributed by atoms with Gasteiger partial charge < -0.3 is 23.7 Å². The van der Waals surface area contributed by atoms with Gasteiger partial charge in [0.15, 0.2) is 27.8 Å². The highest BCUT2D eigenvalue weighted by Crippen LogP contribution is 2.41. The van der Waals surface area contributed by atoms with E-state index in [4.69, 9.17) is 23.7 Å². The van der Waals surface area contributed by atoms with E-state index in [0.717, 1.165) is 11.3 Å². The number of benzene rings is 2. The Balaban J connectivity index is 1.78. The van der Waals surface area contributed by atoms with Crippen LogP contribution in [0.4, 0.5) is 5.69 Å². The number of carbonyl (C=O) groups is 1. The molecule has 2 aromatic carbocycles. The first kappa shape index (κ1) is 27.4. The first-order valence-corrected chi connectivity index (χ1v) is 13.5. The molecule has 0 aliphatic carbocycles. The van der Waals surface area contributed by atoms with Crippen molar-refractivity contribution in [2.24, 2.45) is 4.99 Å². The molecule has 208 valence electrons. The number of aromatic nitrogens is 1. The number of halogens is 1. The number of fused-ring (bicyclic) bond motifs is 2. The Morgan fingerprint density at radius 3 is 2.55 bits per heavy atom. The van der Waals surface area contributed by atoms with Gasteiger partial charge in [0, 0.05) is 4.47 Å². The summed E-state index contributed by atoms with van der Waals surface area (Å²) in [5, 5.41) is 11.8. The molecule has 0 unspecified atom stereocenters. The molecule has 12 nitrogen and oxygen atoms in total. The molecule has 1 aromatic heterocycles. The highest BCUT2D eigenvalue weighted by atomic mass is 79.9. The summed E-state index contributed by atoms with van der Waals surface area (Å²) in [7, 11) is 2.98. The lowest BCUT2D eigenvalue weighted by Crippen LogP contribution is -2.40. The molecule has 1 atom stereocenters. The standard InChI is InChI=1S/C26H22BrN3O9S/c1-5-37-25(32)22-12(2)28-26-29(23(22)14-8-17(35-3)18(36-4)9-15(14)27)24(31)21(40-26)7-13-6-19-20(39-11-38-19)10-16(13)30(33)34/h6-10,23H,5,11H2,1-4H3/b21-7-/t23-/m0/s1. The summed E-state index contributed by atoms with van der Waals surface area (Å²) in [5.41, 5.74) is 0.463. The minimum absolute atomic E-state index is 0.0613. The molecule has 2 aliphatic rings. The van der Waals surface area contributed by atoms with Crippen LogP contribution < -0.4 is 33.8 Å². The molecular weight excluding hydrogens is 610 g/mol. The maximum absolute atomic E-state index is 13.9. The highest BCUT2D eigenvalue weighted by Gasteiger charge is 2.35. The van der Waals surface area contributed by atoms with Gasteiger partial charge in [0.25, 0.3) is 11.2 Å². The number of hydrogen-bond acceptors (Lipinski definition) is 11. The average Bonchev–Trinajstić information content (AvgIpc) is 3.50. The number of nitro benzene ring substituents is 1. The summed E-state index contributed by atoms with van der Waals surface area (Å²) in [5.74, 6) is 0.780. The van der Waals surface area contributed by atoms with Gasteiger partial charge in [-0.1, -0.05) is 27.3 Å². The summed E-state index contributed by atoms with van der Waals surface area (Å²) in [4.78, 5) is 43.2. The molecule has 3 heterocycles. The minimum atomic E-state index is -0.946. The molecule has 0 saturated heterocycles. The van der Waals surface area contributed by atoms with Crippen molar-refractivity contribution in [1.82, 2.24) is 4.57 Å². The van der Waals surface area contributed by atoms with Gasteiger partial charge in [-0.2, -0.15) is 0 Å². The molecule has 2 aliphatic heterocycles. The van der Waals surface area contributed by atoms with Gasteiger partial charge in [-0.3, -0.25) is 19.5 Å². The molecule has 5 rings (SSSR count). The third kappa shape index (κ3) is 4.62. The quantitative estimate of drug-likeness (QED) is 0.218. The summed E-state index contributed by atoms with van der Waals surface area (Å²) in [6, 6.07) is 5.12. The lowest BCUT2D eigenvalue weighted by atomic mass is 9.95. The fourth-order valence-corrected chi connectivity index (χ4v) is 6.10. The van der Waals surface area contributed by atoms with E-state index in [-0.39, 0.29) is 40.5 Å². The van der Waals surface area contributed by atoms with Crippen LogP contribution in [0, 0.1) is 10.1 Å². The lowest BCUT2D eigenvalue weighted by molar-refractivity contribution is -0.385. The van der Waals surface area contributed by atoms with Crippen LogP contribution in [0.3, 0.4) is 0 Å². The van der Waals surface area contributed by atoms with Crippen molar-refractivity contribution in [3.63, 3.8) is 0 Å². The molecule has 40 heavy (non-hydrogen) atoms. The van der Waals surface area contributed by atoms with Crippen molar-refractivity contribution in [2.45, 2.75) is 19.9 Å². The van der Waals surface area contributed by atoms with Crippen LogP contribution in [0.15, 0.2) is 49.8 Å². The van der Waals surface area contributed by atoms with Crippen LogP contribution in [0.2, 0.25) is 0 Å². The molecule has 0 spiro atoms. The Labute approximate surface area is 239 Å². The number of allylic oxidation sites excluding steroid dienone is 1. The third-order valence-electron chi connectivity index (χ3n) is 6.32. The summed E-state index contributed by atoms with van der Waals surface area (Å²) >= 11 is 4.59. The van der Waals surface area contributed by atoms with Gasteiger partial charge in [-0.25, -0.2) is 9.79 Å². The first-order chi connectivity index (χ1) is 19.2. The lowest BCUT2D eigenvalue weighted by Gasteiger charge is -2.26. The molecule has 0 saturated carbocycles. The largest absolute Gasteiger partial charge is 0.493 e. The van der Waals surface area contributed by atoms with Crippen LogP contribution in [-0.2, 0) is 9.53 Å². The van der Waals surface area contributed by atoms with E-state index in [1.165, 1.54) is 37.0 Å². The van der Waals surface area contributed by atoms with E-state index in [1.807, 2.05) is 0 Å². The number of carbonyl (C=O) groups excluding carboxylic acids is 1. The molecular formula is C26H22BrN3O9S. The van der Waals surface area contributed by atoms with Gasteiger partial charge in [-0.05, 0) is 43.7 Å². The number of esters is 1. The number of ether oxygens (including phenoxy) is 5. The second-order valence-electron chi connectivity index (χ2n) is 8.55. The van der Waals surface area contributed by atoms with E-state index in [9.17, 15) is 19.7 Å². The molecule has 14 heteroatoms. The van der Waals surface area contributed by atoms with Crippen LogP contribution >= 0.6 is 27.3 Å². The maximum Gasteiger partial charge on any atom is 0.338 e. The second kappa shape index (κ2) is 10.8. The van der Waals surface area contributed by atoms with Gasteiger partial charge in [0.1, 0.15) is 0 Å². The number of rotatable bonds is 7. The number of methoxy groups -OCH3 is 2. The topological polar surface area (TPSA) is 141 Å². The van der Waals surface area contributed by atoms with Crippen molar-refractivity contribution >= 4 is 45.0 Å². The molecule has 0 radical (unpaired) electrons. The summed E-state index contributed by atoms with van der Waals surface area (Å²) < 4.78 is 29.0. The van der Waals surface area contributed by atoms with E-state index in [2.05, 4.69) is 20.9 Å². The van der Waals surface area contributed by atoms with E-state index in [1.54, 1.807) is 26.0 Å². The Morgan fingerprint density at radius 1 is 1.23 bits per heavy atom. The SMILES string of the molecule is CCOC(=O)C1=C(C)N=c2s/c(=C\c3cc4c(cc3[N+](=O)[O-])OCO4)c(=O)n2[C@H]1c1cc(OC)c(OC)cc1Br. The molecule has 0 N–H and O–H groups in total. The van der Waals surface area contributed by atoms with Crippen molar-refractivity contribution in [3.05, 3.63) is 80.9 Å². The smallest absolute Gasteiger partial charge is 0.338 e.